The third kappa shape index (κ3) is 4.50. The van der Waals surface area contributed by atoms with Crippen molar-refractivity contribution in [2.75, 3.05) is 11.9 Å². The fourth-order valence-corrected chi connectivity index (χ4v) is 4.14. The van der Waals surface area contributed by atoms with Crippen LogP contribution in [0, 0.1) is 0 Å². The van der Waals surface area contributed by atoms with Crippen LogP contribution in [0.4, 0.5) is 24.5 Å². The Hall–Kier alpha value is -3.57. The van der Waals surface area contributed by atoms with Crippen molar-refractivity contribution in [2.24, 2.45) is 0 Å². The molecule has 0 spiro atoms. The predicted octanol–water partition coefficient (Wildman–Crippen LogP) is 8.19. The topological polar surface area (TPSA) is 20.3 Å². The first-order valence-corrected chi connectivity index (χ1v) is 10.5. The van der Waals surface area contributed by atoms with E-state index in [9.17, 15) is 18.0 Å². The number of hydrogen-bond acceptors (Lipinski definition) is 2. The molecule has 6 heteroatoms. The van der Waals surface area contributed by atoms with Crippen LogP contribution in [0.15, 0.2) is 97.1 Å². The summed E-state index contributed by atoms with van der Waals surface area (Å²) in [5, 5.41) is 0.0882. The molecule has 4 rings (SSSR count). The second-order valence-electron chi connectivity index (χ2n) is 7.46. The van der Waals surface area contributed by atoms with Gasteiger partial charge in [-0.15, -0.1) is 0 Å². The highest BCUT2D eigenvalue weighted by Crippen LogP contribution is 2.46. The van der Waals surface area contributed by atoms with Gasteiger partial charge in [-0.1, -0.05) is 90.5 Å². The summed E-state index contributed by atoms with van der Waals surface area (Å²) in [4.78, 5) is 14.4. The first kappa shape index (κ1) is 22.6. The van der Waals surface area contributed by atoms with Gasteiger partial charge in [0, 0.05) is 23.9 Å². The third-order valence-electron chi connectivity index (χ3n) is 5.38. The van der Waals surface area contributed by atoms with Crippen LogP contribution in [0.5, 0.6) is 0 Å². The molecule has 0 atom stereocenters. The summed E-state index contributed by atoms with van der Waals surface area (Å²) in [6.07, 6.45) is -5.08. The van der Waals surface area contributed by atoms with Gasteiger partial charge in [-0.2, -0.15) is 13.2 Å². The van der Waals surface area contributed by atoms with E-state index >= 15 is 0 Å². The molecule has 0 fully saturated rings. The van der Waals surface area contributed by atoms with Crippen LogP contribution < -0.4 is 4.90 Å². The molecule has 0 saturated carbocycles. The number of alkyl halides is 3. The lowest BCUT2D eigenvalue weighted by Gasteiger charge is -2.27. The Morgan fingerprint density at radius 2 is 1.27 bits per heavy atom. The van der Waals surface area contributed by atoms with Gasteiger partial charge in [0.25, 0.3) is 5.78 Å². The highest BCUT2D eigenvalue weighted by molar-refractivity contribution is 6.37. The van der Waals surface area contributed by atoms with Gasteiger partial charge in [-0.3, -0.25) is 4.79 Å². The number of carbonyl (C=O) groups excluding carboxylic acids is 1. The third-order valence-corrected chi connectivity index (χ3v) is 5.77. The van der Waals surface area contributed by atoms with E-state index in [0.717, 1.165) is 5.56 Å². The van der Waals surface area contributed by atoms with Crippen molar-refractivity contribution in [3.8, 4) is 22.3 Å². The molecular weight excluding hydrogens is 447 g/mol. The largest absolute Gasteiger partial charge is 0.454 e. The van der Waals surface area contributed by atoms with Crippen molar-refractivity contribution in [3.63, 3.8) is 0 Å². The summed E-state index contributed by atoms with van der Waals surface area (Å²) >= 11 is 6.76. The minimum absolute atomic E-state index is 0.0544. The predicted molar refractivity (Wildman–Crippen MR) is 127 cm³/mol. The minimum atomic E-state index is -5.08. The summed E-state index contributed by atoms with van der Waals surface area (Å²) in [5.41, 5.74) is 2.01. The van der Waals surface area contributed by atoms with Gasteiger partial charge in [-0.05, 0) is 29.3 Å². The number of para-hydroxylation sites is 1. The van der Waals surface area contributed by atoms with Gasteiger partial charge >= 0.3 is 6.18 Å². The Morgan fingerprint density at radius 3 is 1.79 bits per heavy atom. The molecule has 166 valence electrons. The molecule has 0 heterocycles. The highest BCUT2D eigenvalue weighted by Gasteiger charge is 2.43. The Morgan fingerprint density at radius 1 is 0.788 bits per heavy atom. The zero-order valence-corrected chi connectivity index (χ0v) is 18.4. The smallest absolute Gasteiger partial charge is 0.344 e. The average molecular weight is 466 g/mol. The van der Waals surface area contributed by atoms with E-state index in [1.165, 1.54) is 0 Å². The number of carbonyl (C=O) groups is 1. The highest BCUT2D eigenvalue weighted by atomic mass is 35.5. The first-order valence-electron chi connectivity index (χ1n) is 10.2. The Kier molecular flexibility index (Phi) is 6.25. The molecule has 33 heavy (non-hydrogen) atoms. The summed E-state index contributed by atoms with van der Waals surface area (Å²) in [5.74, 6) is -1.94. The van der Waals surface area contributed by atoms with E-state index in [4.69, 9.17) is 11.6 Å². The summed E-state index contributed by atoms with van der Waals surface area (Å²) in [7, 11) is 1.63. The minimum Gasteiger partial charge on any atom is -0.344 e. The number of nitrogens with zero attached hydrogens (tertiary/aromatic N) is 1. The van der Waals surface area contributed by atoms with E-state index in [1.807, 2.05) is 36.4 Å². The monoisotopic (exact) mass is 465 g/mol. The van der Waals surface area contributed by atoms with E-state index in [2.05, 4.69) is 0 Å². The van der Waals surface area contributed by atoms with Crippen LogP contribution in [-0.4, -0.2) is 19.0 Å². The molecule has 0 amide bonds. The van der Waals surface area contributed by atoms with Crippen LogP contribution in [-0.2, 0) is 0 Å². The van der Waals surface area contributed by atoms with Crippen LogP contribution in [0.3, 0.4) is 0 Å². The van der Waals surface area contributed by atoms with Crippen molar-refractivity contribution in [2.45, 2.75) is 6.18 Å². The lowest BCUT2D eigenvalue weighted by molar-refractivity contribution is -0.0884. The average Bonchev–Trinajstić information content (AvgIpc) is 2.84. The Bertz CT molecular complexity index is 1270. The number of anilines is 2. The molecule has 0 aliphatic heterocycles. The molecule has 0 saturated heterocycles. The fraction of sp³-hybridized carbons (Fsp3) is 0.0741. The van der Waals surface area contributed by atoms with E-state index in [1.54, 1.807) is 72.6 Å². The zero-order valence-electron chi connectivity index (χ0n) is 17.6. The van der Waals surface area contributed by atoms with Gasteiger partial charge in [0.15, 0.2) is 0 Å². The van der Waals surface area contributed by atoms with Crippen molar-refractivity contribution in [1.29, 1.82) is 0 Å². The second-order valence-corrected chi connectivity index (χ2v) is 7.84. The fourth-order valence-electron chi connectivity index (χ4n) is 3.78. The molecule has 4 aromatic rings. The molecule has 0 unspecified atom stereocenters. The Balaban J connectivity index is 2.12. The number of halogens is 4. The Labute approximate surface area is 194 Å². The summed E-state index contributed by atoms with van der Waals surface area (Å²) < 4.78 is 41.5. The van der Waals surface area contributed by atoms with Gasteiger partial charge < -0.3 is 4.90 Å². The number of hydrogen-bond donors (Lipinski definition) is 0. The van der Waals surface area contributed by atoms with E-state index < -0.39 is 17.5 Å². The maximum absolute atomic E-state index is 13.8. The maximum Gasteiger partial charge on any atom is 0.454 e. The quantitative estimate of drug-likeness (QED) is 0.277. The maximum atomic E-state index is 13.8. The molecule has 0 N–H and O–H groups in total. The molecule has 4 aromatic carbocycles. The lowest BCUT2D eigenvalue weighted by atomic mass is 9.90. The summed E-state index contributed by atoms with van der Waals surface area (Å²) in [6.45, 7) is 0. The SMILES string of the molecule is CN(c1ccccc1)c1cc(-c2ccccc2)c(Cl)c(-c2ccccc2)c1C(=O)C(F)(F)F. The van der Waals surface area contributed by atoms with Crippen molar-refractivity contribution >= 4 is 28.8 Å². The summed E-state index contributed by atoms with van der Waals surface area (Å²) in [6, 6.07) is 28.0. The van der Waals surface area contributed by atoms with Gasteiger partial charge in [0.1, 0.15) is 0 Å². The molecule has 2 nitrogen and oxygen atoms in total. The normalized spacial score (nSPS) is 11.3. The lowest BCUT2D eigenvalue weighted by Crippen LogP contribution is -2.26. The molecule has 0 bridgehead atoms. The zero-order chi connectivity index (χ0) is 23.6. The van der Waals surface area contributed by atoms with Crippen molar-refractivity contribution in [1.82, 2.24) is 0 Å². The van der Waals surface area contributed by atoms with Crippen LogP contribution >= 0.6 is 11.6 Å². The van der Waals surface area contributed by atoms with E-state index in [-0.39, 0.29) is 16.3 Å². The number of ketones is 1. The molecule has 0 radical (unpaired) electrons. The first-order chi connectivity index (χ1) is 15.8. The van der Waals surface area contributed by atoms with Gasteiger partial charge in [0.05, 0.1) is 16.3 Å². The standard InChI is InChI=1S/C27H19ClF3NO/c1-32(20-15-9-4-10-16-20)22-17-21(18-11-5-2-6-12-18)25(28)23(19-13-7-3-8-14-19)24(22)26(33)27(29,30)31/h2-17H,1H3. The number of benzene rings is 4. The van der Waals surface area contributed by atoms with Crippen LogP contribution in [0.1, 0.15) is 10.4 Å². The van der Waals surface area contributed by atoms with E-state index in [0.29, 0.717) is 16.8 Å². The van der Waals surface area contributed by atoms with Gasteiger partial charge in [-0.25, -0.2) is 0 Å². The molecular formula is C27H19ClF3NO. The number of rotatable bonds is 5. The van der Waals surface area contributed by atoms with Crippen molar-refractivity contribution in [3.05, 3.63) is 108 Å². The number of Topliss-reactive ketones (excluding diaryl/α,β-unsaturated/α-hetero) is 1. The van der Waals surface area contributed by atoms with Crippen molar-refractivity contribution < 1.29 is 18.0 Å². The van der Waals surface area contributed by atoms with Crippen LogP contribution in [0.25, 0.3) is 22.3 Å². The molecule has 0 aromatic heterocycles. The second kappa shape index (κ2) is 9.12. The molecule has 0 aliphatic carbocycles. The molecule has 0 aliphatic rings. The van der Waals surface area contributed by atoms with Crippen LogP contribution in [0.2, 0.25) is 5.02 Å². The van der Waals surface area contributed by atoms with Gasteiger partial charge in [0.2, 0.25) is 0 Å².